The molecule has 5 heteroatoms. The molecule has 24 heavy (non-hydrogen) atoms. The molecular weight excluding hydrogens is 340 g/mol. The summed E-state index contributed by atoms with van der Waals surface area (Å²) in [6, 6.07) is 8.85. The Morgan fingerprint density at radius 1 is 1.25 bits per heavy atom. The molecule has 1 aliphatic carbocycles. The van der Waals surface area contributed by atoms with E-state index in [0.717, 1.165) is 32.4 Å². The van der Waals surface area contributed by atoms with E-state index in [1.807, 2.05) is 0 Å². The highest BCUT2D eigenvalue weighted by molar-refractivity contribution is 7.17. The number of halogens is 1. The number of amides is 1. The van der Waals surface area contributed by atoms with E-state index in [4.69, 9.17) is 5.73 Å². The molecule has 1 aliphatic heterocycles. The summed E-state index contributed by atoms with van der Waals surface area (Å²) in [6.07, 6.45) is 4.95. The number of aryl methyl sites for hydroxylation is 1. The first-order valence-electron chi connectivity index (χ1n) is 8.71. The van der Waals surface area contributed by atoms with Crippen molar-refractivity contribution >= 4 is 39.7 Å². The standard InChI is InChI=1S/C19H24N2OS.ClH/c20-17-9-8-13-10-21(11-16(13)17)19(22)7-3-4-14-12-23-18-6-2-1-5-15(14)18;/h1-2,5-6,12-13,16-17H,3-4,7-11,20H2;1H. The van der Waals surface area contributed by atoms with Gasteiger partial charge in [-0.05, 0) is 59.9 Å². The molecule has 3 nitrogen and oxygen atoms in total. The van der Waals surface area contributed by atoms with Crippen molar-refractivity contribution in [1.29, 1.82) is 0 Å². The summed E-state index contributed by atoms with van der Waals surface area (Å²) in [4.78, 5) is 14.5. The topological polar surface area (TPSA) is 46.3 Å². The van der Waals surface area contributed by atoms with E-state index in [-0.39, 0.29) is 12.4 Å². The Labute approximate surface area is 153 Å². The Balaban J connectivity index is 0.00000169. The van der Waals surface area contributed by atoms with Crippen LogP contribution in [0.15, 0.2) is 29.6 Å². The molecule has 1 saturated carbocycles. The molecule has 130 valence electrons. The lowest BCUT2D eigenvalue weighted by Gasteiger charge is -2.18. The Morgan fingerprint density at radius 2 is 2.08 bits per heavy atom. The maximum atomic E-state index is 12.5. The fourth-order valence-electron chi connectivity index (χ4n) is 4.33. The van der Waals surface area contributed by atoms with Crippen molar-refractivity contribution in [3.8, 4) is 0 Å². The minimum Gasteiger partial charge on any atom is -0.342 e. The van der Waals surface area contributed by atoms with Crippen LogP contribution in [0.3, 0.4) is 0 Å². The molecule has 0 radical (unpaired) electrons. The van der Waals surface area contributed by atoms with Crippen LogP contribution in [0.1, 0.15) is 31.2 Å². The van der Waals surface area contributed by atoms with Crippen LogP contribution in [0.2, 0.25) is 0 Å². The van der Waals surface area contributed by atoms with Crippen LogP contribution in [0.5, 0.6) is 0 Å². The third-order valence-corrected chi connectivity index (χ3v) is 6.68. The largest absolute Gasteiger partial charge is 0.342 e. The number of nitrogens with zero attached hydrogens (tertiary/aromatic N) is 1. The fraction of sp³-hybridized carbons (Fsp3) is 0.526. The molecular formula is C19H25ClN2OS. The number of hydrogen-bond acceptors (Lipinski definition) is 3. The number of hydrogen-bond donors (Lipinski definition) is 1. The number of rotatable bonds is 4. The highest BCUT2D eigenvalue weighted by Crippen LogP contribution is 2.37. The first-order chi connectivity index (χ1) is 11.2. The molecule has 2 fully saturated rings. The van der Waals surface area contributed by atoms with Crippen molar-refractivity contribution in [1.82, 2.24) is 4.90 Å². The Kier molecular flexibility index (Phi) is 5.48. The van der Waals surface area contributed by atoms with Gasteiger partial charge >= 0.3 is 0 Å². The summed E-state index contributed by atoms with van der Waals surface area (Å²) in [5.74, 6) is 1.54. The molecule has 2 aliphatic rings. The van der Waals surface area contributed by atoms with E-state index in [9.17, 15) is 4.79 Å². The lowest BCUT2D eigenvalue weighted by atomic mass is 9.98. The van der Waals surface area contributed by atoms with E-state index in [1.54, 1.807) is 11.3 Å². The van der Waals surface area contributed by atoms with Crippen molar-refractivity contribution in [2.45, 2.75) is 38.1 Å². The molecule has 2 N–H and O–H groups in total. The average Bonchev–Trinajstić information content (AvgIpc) is 3.24. The van der Waals surface area contributed by atoms with Crippen LogP contribution in [-0.4, -0.2) is 29.9 Å². The quantitative estimate of drug-likeness (QED) is 0.895. The number of carbonyl (C=O) groups excluding carboxylic acids is 1. The zero-order valence-corrected chi connectivity index (χ0v) is 15.5. The van der Waals surface area contributed by atoms with Crippen molar-refractivity contribution in [3.05, 3.63) is 35.2 Å². The van der Waals surface area contributed by atoms with Crippen LogP contribution >= 0.6 is 23.7 Å². The smallest absolute Gasteiger partial charge is 0.222 e. The number of carbonyl (C=O) groups is 1. The van der Waals surface area contributed by atoms with Crippen LogP contribution < -0.4 is 5.73 Å². The van der Waals surface area contributed by atoms with Gasteiger partial charge in [-0.15, -0.1) is 23.7 Å². The number of benzene rings is 1. The van der Waals surface area contributed by atoms with E-state index >= 15 is 0 Å². The minimum absolute atomic E-state index is 0. The summed E-state index contributed by atoms with van der Waals surface area (Å²) in [5, 5.41) is 3.60. The molecule has 1 aromatic carbocycles. The summed E-state index contributed by atoms with van der Waals surface area (Å²) in [5.41, 5.74) is 7.55. The van der Waals surface area contributed by atoms with Gasteiger partial charge < -0.3 is 10.6 Å². The first kappa shape index (κ1) is 17.7. The van der Waals surface area contributed by atoms with Gasteiger partial charge in [-0.2, -0.15) is 0 Å². The summed E-state index contributed by atoms with van der Waals surface area (Å²) in [6.45, 7) is 1.84. The van der Waals surface area contributed by atoms with Crippen molar-refractivity contribution in [2.24, 2.45) is 17.6 Å². The monoisotopic (exact) mass is 364 g/mol. The van der Waals surface area contributed by atoms with Gasteiger partial charge in [-0.25, -0.2) is 0 Å². The van der Waals surface area contributed by atoms with Gasteiger partial charge in [0.1, 0.15) is 0 Å². The molecule has 0 spiro atoms. The normalized spacial score (nSPS) is 25.7. The van der Waals surface area contributed by atoms with Gasteiger partial charge in [0.15, 0.2) is 0 Å². The zero-order chi connectivity index (χ0) is 15.8. The summed E-state index contributed by atoms with van der Waals surface area (Å²) < 4.78 is 1.34. The minimum atomic E-state index is 0. The number of nitrogens with two attached hydrogens (primary N) is 1. The molecule has 3 unspecified atom stereocenters. The molecule has 2 aromatic rings. The second kappa shape index (κ2) is 7.42. The lowest BCUT2D eigenvalue weighted by molar-refractivity contribution is -0.130. The Hall–Kier alpha value is -1.10. The van der Waals surface area contributed by atoms with Gasteiger partial charge in [0.05, 0.1) is 0 Å². The predicted octanol–water partition coefficient (Wildman–Crippen LogP) is 3.84. The summed E-state index contributed by atoms with van der Waals surface area (Å²) in [7, 11) is 0. The second-order valence-electron chi connectivity index (χ2n) is 7.07. The van der Waals surface area contributed by atoms with Crippen LogP contribution in [0, 0.1) is 11.8 Å². The highest BCUT2D eigenvalue weighted by Gasteiger charge is 2.42. The lowest BCUT2D eigenvalue weighted by Crippen LogP contribution is -2.33. The SMILES string of the molecule is Cl.NC1CCC2CN(C(=O)CCCc3csc4ccccc34)CC12. The van der Waals surface area contributed by atoms with Crippen LogP contribution in [-0.2, 0) is 11.2 Å². The van der Waals surface area contributed by atoms with Gasteiger partial charge in [0, 0.05) is 30.3 Å². The van der Waals surface area contributed by atoms with Gasteiger partial charge in [-0.1, -0.05) is 18.2 Å². The van der Waals surface area contributed by atoms with Gasteiger partial charge in [0.25, 0.3) is 0 Å². The van der Waals surface area contributed by atoms with E-state index in [1.165, 1.54) is 22.1 Å². The second-order valence-corrected chi connectivity index (χ2v) is 7.99. The van der Waals surface area contributed by atoms with Gasteiger partial charge in [0.2, 0.25) is 5.91 Å². The maximum absolute atomic E-state index is 12.5. The third-order valence-electron chi connectivity index (χ3n) is 5.66. The molecule has 0 bridgehead atoms. The number of fused-ring (bicyclic) bond motifs is 2. The number of thiophene rings is 1. The van der Waals surface area contributed by atoms with Crippen LogP contribution in [0.4, 0.5) is 0 Å². The Bertz CT molecular complexity index is 716. The average molecular weight is 365 g/mol. The van der Waals surface area contributed by atoms with Crippen molar-refractivity contribution < 1.29 is 4.79 Å². The maximum Gasteiger partial charge on any atom is 0.222 e. The van der Waals surface area contributed by atoms with Gasteiger partial charge in [-0.3, -0.25) is 4.79 Å². The molecule has 4 rings (SSSR count). The van der Waals surface area contributed by atoms with Crippen molar-refractivity contribution in [2.75, 3.05) is 13.1 Å². The number of likely N-dealkylation sites (tertiary alicyclic amines) is 1. The molecule has 3 atom stereocenters. The first-order valence-corrected chi connectivity index (χ1v) is 9.59. The van der Waals surface area contributed by atoms with E-state index < -0.39 is 0 Å². The predicted molar refractivity (Wildman–Crippen MR) is 103 cm³/mol. The van der Waals surface area contributed by atoms with Crippen molar-refractivity contribution in [3.63, 3.8) is 0 Å². The van der Waals surface area contributed by atoms with Crippen LogP contribution in [0.25, 0.3) is 10.1 Å². The molecule has 1 aromatic heterocycles. The van der Waals surface area contributed by atoms with E-state index in [0.29, 0.717) is 30.2 Å². The van der Waals surface area contributed by atoms with E-state index in [2.05, 4.69) is 34.5 Å². The molecule has 1 amide bonds. The zero-order valence-electron chi connectivity index (χ0n) is 13.8. The Morgan fingerprint density at radius 3 is 2.92 bits per heavy atom. The fourth-order valence-corrected chi connectivity index (χ4v) is 5.32. The summed E-state index contributed by atoms with van der Waals surface area (Å²) >= 11 is 1.80. The third kappa shape index (κ3) is 3.32. The molecule has 1 saturated heterocycles. The molecule has 2 heterocycles. The highest BCUT2D eigenvalue weighted by atomic mass is 35.5.